The molecule has 5 heteroatoms. The van der Waals surface area contributed by atoms with Gasteiger partial charge in [-0.05, 0) is 27.2 Å². The van der Waals surface area contributed by atoms with E-state index in [4.69, 9.17) is 8.92 Å². The molecule has 0 aromatic carbocycles. The smallest absolute Gasteiger partial charge is 0.273 e. The van der Waals surface area contributed by atoms with Gasteiger partial charge in [-0.25, -0.2) is 0 Å². The van der Waals surface area contributed by atoms with Crippen LogP contribution in [-0.2, 0) is 19.0 Å². The number of hydrogen-bond donors (Lipinski definition) is 0. The van der Waals surface area contributed by atoms with Gasteiger partial charge in [0, 0.05) is 0 Å². The maximum atomic E-state index is 11.5. The van der Waals surface area contributed by atoms with Gasteiger partial charge >= 0.3 is 0 Å². The minimum absolute atomic E-state index is 0.0103. The normalized spacial score (nSPS) is 53.6. The molecular formula is C8H14O4S. The number of rotatable bonds is 0. The summed E-state index contributed by atoms with van der Waals surface area (Å²) in [6.45, 7) is 5.46. The Kier molecular flexibility index (Phi) is 1.78. The second-order valence-electron chi connectivity index (χ2n) is 4.07. The largest absolute Gasteiger partial charge is 0.368 e. The summed E-state index contributed by atoms with van der Waals surface area (Å²) >= 11 is 0. The Balaban J connectivity index is 2.43. The van der Waals surface area contributed by atoms with Crippen LogP contribution in [0.3, 0.4) is 0 Å². The molecule has 2 rings (SSSR count). The van der Waals surface area contributed by atoms with E-state index in [0.29, 0.717) is 6.42 Å². The number of fused-ring (bicyclic) bond motifs is 1. The Morgan fingerprint density at radius 1 is 1.38 bits per heavy atom. The van der Waals surface area contributed by atoms with Gasteiger partial charge in [0.25, 0.3) is 10.1 Å². The molecule has 0 spiro atoms. The highest BCUT2D eigenvalue weighted by Crippen LogP contribution is 2.45. The van der Waals surface area contributed by atoms with Crippen LogP contribution in [0.25, 0.3) is 0 Å². The minimum Gasteiger partial charge on any atom is -0.368 e. The van der Waals surface area contributed by atoms with Gasteiger partial charge in [0.05, 0.1) is 6.10 Å². The first-order valence-electron chi connectivity index (χ1n) is 4.46. The Morgan fingerprint density at radius 2 is 2.00 bits per heavy atom. The number of ether oxygens (including phenoxy) is 1. The van der Waals surface area contributed by atoms with Crippen LogP contribution in [0, 0.1) is 0 Å². The average Bonchev–Trinajstić information content (AvgIpc) is 2.33. The highest BCUT2D eigenvalue weighted by Gasteiger charge is 2.61. The molecule has 4 atom stereocenters. The first kappa shape index (κ1) is 9.43. The van der Waals surface area contributed by atoms with Crippen LogP contribution in [0.2, 0.25) is 0 Å². The maximum absolute atomic E-state index is 11.5. The molecule has 76 valence electrons. The van der Waals surface area contributed by atoms with E-state index in [9.17, 15) is 8.42 Å². The topological polar surface area (TPSA) is 52.6 Å². The minimum atomic E-state index is -3.39. The fourth-order valence-electron chi connectivity index (χ4n) is 2.22. The average molecular weight is 206 g/mol. The predicted octanol–water partition coefficient (Wildman–Crippen LogP) is 0.671. The second-order valence-corrected chi connectivity index (χ2v) is 5.81. The lowest BCUT2D eigenvalue weighted by Crippen LogP contribution is -2.40. The molecule has 0 saturated carbocycles. The van der Waals surface area contributed by atoms with Crippen molar-refractivity contribution in [2.24, 2.45) is 0 Å². The van der Waals surface area contributed by atoms with E-state index in [1.807, 2.05) is 13.8 Å². The van der Waals surface area contributed by atoms with Crippen LogP contribution in [0.1, 0.15) is 27.2 Å². The zero-order valence-electron chi connectivity index (χ0n) is 7.98. The molecule has 2 heterocycles. The van der Waals surface area contributed by atoms with Gasteiger partial charge in [-0.3, -0.25) is 4.18 Å². The van der Waals surface area contributed by atoms with Crippen LogP contribution in [0.4, 0.5) is 0 Å². The van der Waals surface area contributed by atoms with E-state index >= 15 is 0 Å². The van der Waals surface area contributed by atoms with E-state index in [1.165, 1.54) is 0 Å². The van der Waals surface area contributed by atoms with Gasteiger partial charge in [-0.2, -0.15) is 8.42 Å². The van der Waals surface area contributed by atoms with Crippen LogP contribution in [-0.4, -0.2) is 31.5 Å². The van der Waals surface area contributed by atoms with Crippen molar-refractivity contribution in [2.75, 3.05) is 0 Å². The summed E-state index contributed by atoms with van der Waals surface area (Å²) in [5.74, 6) is 0. The molecule has 2 saturated heterocycles. The lowest BCUT2D eigenvalue weighted by Gasteiger charge is -2.24. The summed E-state index contributed by atoms with van der Waals surface area (Å²) in [7, 11) is -3.39. The summed E-state index contributed by atoms with van der Waals surface area (Å²) < 4.78 is 33.5. The molecule has 0 bridgehead atoms. The van der Waals surface area contributed by atoms with Crippen LogP contribution in [0.15, 0.2) is 0 Å². The van der Waals surface area contributed by atoms with Crippen molar-refractivity contribution >= 4 is 10.1 Å². The molecule has 0 radical (unpaired) electrons. The Morgan fingerprint density at radius 3 is 2.54 bits per heavy atom. The highest BCUT2D eigenvalue weighted by molar-refractivity contribution is 7.87. The maximum Gasteiger partial charge on any atom is 0.273 e. The summed E-state index contributed by atoms with van der Waals surface area (Å²) in [4.78, 5) is 0. The summed E-state index contributed by atoms with van der Waals surface area (Å²) in [6, 6.07) is 0. The molecule has 0 aromatic rings. The van der Waals surface area contributed by atoms with Gasteiger partial charge in [0.1, 0.15) is 17.0 Å². The monoisotopic (exact) mass is 206 g/mol. The molecule has 4 nitrogen and oxygen atoms in total. The first-order chi connectivity index (χ1) is 5.86. The van der Waals surface area contributed by atoms with E-state index in [0.717, 1.165) is 0 Å². The fourth-order valence-corrected chi connectivity index (χ4v) is 4.27. The molecule has 0 N–H and O–H groups in total. The molecule has 0 aliphatic carbocycles. The standard InChI is InChI=1S/C8H14O4S/c1-5-4-7-8(3,11-5)6(2)12-13(7,9)10/h5-7H,4H2,1-3H3. The predicted molar refractivity (Wildman–Crippen MR) is 46.8 cm³/mol. The molecule has 0 amide bonds. The number of hydrogen-bond acceptors (Lipinski definition) is 4. The van der Waals surface area contributed by atoms with Crippen LogP contribution >= 0.6 is 0 Å². The lowest BCUT2D eigenvalue weighted by molar-refractivity contribution is -0.0652. The first-order valence-corrected chi connectivity index (χ1v) is 5.93. The van der Waals surface area contributed by atoms with Crippen molar-refractivity contribution in [3.8, 4) is 0 Å². The fraction of sp³-hybridized carbons (Fsp3) is 1.00. The molecule has 2 aliphatic rings. The van der Waals surface area contributed by atoms with E-state index in [1.54, 1.807) is 6.92 Å². The zero-order valence-corrected chi connectivity index (χ0v) is 8.80. The third-order valence-electron chi connectivity index (χ3n) is 3.07. The molecule has 13 heavy (non-hydrogen) atoms. The van der Waals surface area contributed by atoms with Crippen molar-refractivity contribution in [3.05, 3.63) is 0 Å². The summed E-state index contributed by atoms with van der Waals surface area (Å²) in [5.41, 5.74) is -0.641. The molecule has 2 aliphatic heterocycles. The van der Waals surface area contributed by atoms with Crippen molar-refractivity contribution in [2.45, 2.75) is 50.3 Å². The third-order valence-corrected chi connectivity index (χ3v) is 4.99. The van der Waals surface area contributed by atoms with Gasteiger partial charge in [0.2, 0.25) is 0 Å². The quantitative estimate of drug-likeness (QED) is 0.547. The van der Waals surface area contributed by atoms with Crippen molar-refractivity contribution < 1.29 is 17.3 Å². The van der Waals surface area contributed by atoms with Crippen molar-refractivity contribution in [1.29, 1.82) is 0 Å². The SMILES string of the molecule is CC1CC2C(C)(O1)C(C)OS2(=O)=O. The zero-order chi connectivity index (χ0) is 9.85. The van der Waals surface area contributed by atoms with Crippen LogP contribution in [0.5, 0.6) is 0 Å². The Hall–Kier alpha value is -0.130. The van der Waals surface area contributed by atoms with Gasteiger partial charge in [-0.15, -0.1) is 0 Å². The summed E-state index contributed by atoms with van der Waals surface area (Å²) in [6.07, 6.45) is 0.187. The molecule has 0 aromatic heterocycles. The van der Waals surface area contributed by atoms with Crippen molar-refractivity contribution in [3.63, 3.8) is 0 Å². The van der Waals surface area contributed by atoms with Gasteiger partial charge in [0.15, 0.2) is 0 Å². The molecular weight excluding hydrogens is 192 g/mol. The third kappa shape index (κ3) is 1.14. The lowest BCUT2D eigenvalue weighted by atomic mass is 9.96. The van der Waals surface area contributed by atoms with Crippen molar-refractivity contribution in [1.82, 2.24) is 0 Å². The second kappa shape index (κ2) is 2.46. The van der Waals surface area contributed by atoms with Gasteiger partial charge < -0.3 is 4.74 Å². The molecule has 4 unspecified atom stereocenters. The Bertz CT molecular complexity index is 323. The van der Waals surface area contributed by atoms with E-state index in [-0.39, 0.29) is 12.2 Å². The highest BCUT2D eigenvalue weighted by atomic mass is 32.2. The van der Waals surface area contributed by atoms with Gasteiger partial charge in [-0.1, -0.05) is 0 Å². The van der Waals surface area contributed by atoms with Crippen LogP contribution < -0.4 is 0 Å². The Labute approximate surface area is 78.3 Å². The molecule has 2 fully saturated rings. The van der Waals surface area contributed by atoms with E-state index in [2.05, 4.69) is 0 Å². The summed E-state index contributed by atoms with van der Waals surface area (Å²) in [5, 5.41) is -0.481. The van der Waals surface area contributed by atoms with E-state index < -0.39 is 21.0 Å².